The summed E-state index contributed by atoms with van der Waals surface area (Å²) in [5.74, 6) is 0.255. The average Bonchev–Trinajstić information content (AvgIpc) is 3.15. The molecule has 1 amide bonds. The number of carbonyl (C=O) groups excluding carboxylic acids is 1. The van der Waals surface area contributed by atoms with Gasteiger partial charge in [-0.15, -0.1) is 11.3 Å². The molecule has 158 valence electrons. The minimum absolute atomic E-state index is 0.0173. The van der Waals surface area contributed by atoms with Gasteiger partial charge in [0.25, 0.3) is 5.56 Å². The maximum Gasteiger partial charge on any atom is 0.263 e. The molecule has 0 spiro atoms. The quantitative estimate of drug-likeness (QED) is 0.420. The van der Waals surface area contributed by atoms with Gasteiger partial charge in [-0.05, 0) is 49.7 Å². The monoisotopic (exact) mass is 441 g/mol. The van der Waals surface area contributed by atoms with Crippen molar-refractivity contribution >= 4 is 39.2 Å². The highest BCUT2D eigenvalue weighted by molar-refractivity contribution is 7.99. The first-order valence-electron chi connectivity index (χ1n) is 10.7. The number of benzene rings is 1. The van der Waals surface area contributed by atoms with E-state index in [2.05, 4.69) is 17.4 Å². The predicted molar refractivity (Wildman–Crippen MR) is 125 cm³/mol. The summed E-state index contributed by atoms with van der Waals surface area (Å²) in [6.45, 7) is 3.27. The standard InChI is InChI=1S/C23H27N3O2S2/c1-2-13-24-19(27)15-29-23-25-21-20(17-10-6-7-11-18(17)30-21)22(28)26(23)14-12-16-8-4-3-5-9-16/h3-5,8-9H,2,6-7,10-15H2,1H3,(H,24,27). The van der Waals surface area contributed by atoms with Gasteiger partial charge in [-0.1, -0.05) is 49.0 Å². The Labute approximate surface area is 184 Å². The molecule has 4 rings (SSSR count). The van der Waals surface area contributed by atoms with Gasteiger partial charge in [-0.2, -0.15) is 0 Å². The van der Waals surface area contributed by atoms with Gasteiger partial charge < -0.3 is 5.32 Å². The van der Waals surface area contributed by atoms with Gasteiger partial charge in [0.05, 0.1) is 11.1 Å². The van der Waals surface area contributed by atoms with E-state index in [9.17, 15) is 9.59 Å². The van der Waals surface area contributed by atoms with Crippen LogP contribution in [0.2, 0.25) is 0 Å². The van der Waals surface area contributed by atoms with Crippen molar-refractivity contribution in [2.75, 3.05) is 12.3 Å². The summed E-state index contributed by atoms with van der Waals surface area (Å²) < 4.78 is 1.79. The topological polar surface area (TPSA) is 64.0 Å². The van der Waals surface area contributed by atoms with Crippen molar-refractivity contribution in [1.82, 2.24) is 14.9 Å². The van der Waals surface area contributed by atoms with Crippen LogP contribution in [-0.4, -0.2) is 27.8 Å². The molecule has 0 aliphatic heterocycles. The van der Waals surface area contributed by atoms with Gasteiger partial charge in [0.1, 0.15) is 4.83 Å². The summed E-state index contributed by atoms with van der Waals surface area (Å²) in [6.07, 6.45) is 6.00. The van der Waals surface area contributed by atoms with Crippen LogP contribution in [0.25, 0.3) is 10.2 Å². The second kappa shape index (κ2) is 9.79. The van der Waals surface area contributed by atoms with E-state index in [-0.39, 0.29) is 17.2 Å². The average molecular weight is 442 g/mol. The lowest BCUT2D eigenvalue weighted by Gasteiger charge is -2.13. The van der Waals surface area contributed by atoms with Crippen LogP contribution >= 0.6 is 23.1 Å². The van der Waals surface area contributed by atoms with Crippen LogP contribution in [0.3, 0.4) is 0 Å². The number of carbonyl (C=O) groups is 1. The van der Waals surface area contributed by atoms with Gasteiger partial charge in [-0.3, -0.25) is 14.2 Å². The number of nitrogens with zero attached hydrogens (tertiary/aromatic N) is 2. The molecule has 3 aromatic rings. The highest BCUT2D eigenvalue weighted by Gasteiger charge is 2.22. The van der Waals surface area contributed by atoms with E-state index in [1.165, 1.54) is 34.2 Å². The van der Waals surface area contributed by atoms with E-state index in [1.54, 1.807) is 15.9 Å². The fourth-order valence-electron chi connectivity index (χ4n) is 3.86. The second-order valence-corrected chi connectivity index (χ2v) is 9.64. The number of thioether (sulfide) groups is 1. The summed E-state index contributed by atoms with van der Waals surface area (Å²) >= 11 is 3.02. The zero-order valence-electron chi connectivity index (χ0n) is 17.3. The summed E-state index contributed by atoms with van der Waals surface area (Å²) in [7, 11) is 0. The van der Waals surface area contributed by atoms with E-state index in [0.717, 1.165) is 42.3 Å². The Hall–Kier alpha value is -2.12. The van der Waals surface area contributed by atoms with Crippen LogP contribution < -0.4 is 10.9 Å². The van der Waals surface area contributed by atoms with Crippen molar-refractivity contribution in [3.8, 4) is 0 Å². The first kappa shape index (κ1) is 21.1. The molecular formula is C23H27N3O2S2. The number of rotatable bonds is 8. The SMILES string of the molecule is CCCNC(=O)CSc1nc2sc3c(c2c(=O)n1CCc1ccccc1)CCCC3. The third-order valence-electron chi connectivity index (χ3n) is 5.41. The van der Waals surface area contributed by atoms with Crippen molar-refractivity contribution in [1.29, 1.82) is 0 Å². The largest absolute Gasteiger partial charge is 0.355 e. The maximum absolute atomic E-state index is 13.5. The number of fused-ring (bicyclic) bond motifs is 3. The number of aryl methyl sites for hydroxylation is 3. The molecule has 0 saturated heterocycles. The molecule has 0 saturated carbocycles. The van der Waals surface area contributed by atoms with E-state index < -0.39 is 0 Å². The first-order valence-corrected chi connectivity index (χ1v) is 12.5. The first-order chi connectivity index (χ1) is 14.7. The van der Waals surface area contributed by atoms with Crippen LogP contribution in [0, 0.1) is 0 Å². The van der Waals surface area contributed by atoms with Crippen LogP contribution in [0.5, 0.6) is 0 Å². The molecule has 1 aliphatic rings. The molecule has 2 aromatic heterocycles. The van der Waals surface area contributed by atoms with Crippen molar-refractivity contribution in [3.05, 3.63) is 56.7 Å². The lowest BCUT2D eigenvalue weighted by Crippen LogP contribution is -2.28. The third kappa shape index (κ3) is 4.62. The Bertz CT molecular complexity index is 1090. The van der Waals surface area contributed by atoms with Crippen LogP contribution in [0.4, 0.5) is 0 Å². The lowest BCUT2D eigenvalue weighted by atomic mass is 9.97. The van der Waals surface area contributed by atoms with Crippen molar-refractivity contribution in [3.63, 3.8) is 0 Å². The Morgan fingerprint density at radius 3 is 2.83 bits per heavy atom. The Balaban J connectivity index is 1.67. The zero-order valence-corrected chi connectivity index (χ0v) is 18.9. The van der Waals surface area contributed by atoms with E-state index in [4.69, 9.17) is 4.98 Å². The normalized spacial score (nSPS) is 13.4. The number of hydrogen-bond acceptors (Lipinski definition) is 5. The smallest absolute Gasteiger partial charge is 0.263 e. The molecule has 2 heterocycles. The molecule has 5 nitrogen and oxygen atoms in total. The minimum Gasteiger partial charge on any atom is -0.355 e. The van der Waals surface area contributed by atoms with Crippen molar-refractivity contribution in [2.24, 2.45) is 0 Å². The van der Waals surface area contributed by atoms with E-state index in [0.29, 0.717) is 18.2 Å². The Morgan fingerprint density at radius 2 is 2.03 bits per heavy atom. The number of hydrogen-bond donors (Lipinski definition) is 1. The van der Waals surface area contributed by atoms with E-state index >= 15 is 0 Å². The fraction of sp³-hybridized carbons (Fsp3) is 0.435. The maximum atomic E-state index is 13.5. The number of thiophene rings is 1. The molecule has 1 N–H and O–H groups in total. The molecule has 0 radical (unpaired) electrons. The lowest BCUT2D eigenvalue weighted by molar-refractivity contribution is -0.118. The highest BCUT2D eigenvalue weighted by Crippen LogP contribution is 2.34. The van der Waals surface area contributed by atoms with Crippen molar-refractivity contribution in [2.45, 2.75) is 57.1 Å². The van der Waals surface area contributed by atoms with Gasteiger partial charge in [0.15, 0.2) is 5.16 Å². The second-order valence-electron chi connectivity index (χ2n) is 7.62. The van der Waals surface area contributed by atoms with E-state index in [1.807, 2.05) is 25.1 Å². The summed E-state index contributed by atoms with van der Waals surface area (Å²) in [5, 5.41) is 4.35. The molecule has 30 heavy (non-hydrogen) atoms. The molecule has 7 heteroatoms. The molecule has 0 bridgehead atoms. The van der Waals surface area contributed by atoms with Crippen LogP contribution in [0.15, 0.2) is 40.3 Å². The molecule has 0 unspecified atom stereocenters. The van der Waals surface area contributed by atoms with Gasteiger partial charge in [0.2, 0.25) is 5.91 Å². The molecular weight excluding hydrogens is 414 g/mol. The van der Waals surface area contributed by atoms with Gasteiger partial charge >= 0.3 is 0 Å². The molecule has 1 aliphatic carbocycles. The van der Waals surface area contributed by atoms with Crippen molar-refractivity contribution < 1.29 is 4.79 Å². The highest BCUT2D eigenvalue weighted by atomic mass is 32.2. The molecule has 1 aromatic carbocycles. The van der Waals surface area contributed by atoms with Crippen LogP contribution in [-0.2, 0) is 30.6 Å². The number of aromatic nitrogens is 2. The van der Waals surface area contributed by atoms with Gasteiger partial charge in [-0.25, -0.2) is 4.98 Å². The molecule has 0 atom stereocenters. The van der Waals surface area contributed by atoms with Gasteiger partial charge in [0, 0.05) is 18.0 Å². The molecule has 0 fully saturated rings. The Morgan fingerprint density at radius 1 is 1.23 bits per heavy atom. The number of amides is 1. The fourth-order valence-corrected chi connectivity index (χ4v) is 6.02. The summed E-state index contributed by atoms with van der Waals surface area (Å²) in [6, 6.07) is 10.2. The number of nitrogens with one attached hydrogen (secondary N) is 1. The predicted octanol–water partition coefficient (Wildman–Crippen LogP) is 4.20. The summed E-state index contributed by atoms with van der Waals surface area (Å²) in [5.41, 5.74) is 2.45. The zero-order chi connectivity index (χ0) is 20.9. The minimum atomic E-state index is -0.0173. The Kier molecular flexibility index (Phi) is 6.89. The third-order valence-corrected chi connectivity index (χ3v) is 7.57. The van der Waals surface area contributed by atoms with Crippen LogP contribution in [0.1, 0.15) is 42.2 Å². The summed E-state index contributed by atoms with van der Waals surface area (Å²) in [4.78, 5) is 32.7.